The molecule has 3 aromatic carbocycles. The number of nitrogens with one attached hydrogen (secondary N) is 2. The predicted molar refractivity (Wildman–Crippen MR) is 132 cm³/mol. The van der Waals surface area contributed by atoms with Gasteiger partial charge >= 0.3 is 0 Å². The number of sulfonamides is 1. The van der Waals surface area contributed by atoms with E-state index < -0.39 is 21.7 Å². The highest BCUT2D eigenvalue weighted by Crippen LogP contribution is 2.21. The molecule has 4 rings (SSSR count). The molecular formula is C26H28FN3O4S. The molecule has 0 radical (unpaired) electrons. The van der Waals surface area contributed by atoms with Crippen molar-refractivity contribution in [2.24, 2.45) is 0 Å². The molecule has 0 bridgehead atoms. The van der Waals surface area contributed by atoms with Crippen molar-refractivity contribution in [2.75, 3.05) is 37.6 Å². The second-order valence-corrected chi connectivity index (χ2v) is 10.1. The molecule has 0 saturated carbocycles. The summed E-state index contributed by atoms with van der Waals surface area (Å²) in [7, 11) is -4.09. The molecule has 0 aliphatic carbocycles. The maximum Gasteiger partial charge on any atom is 0.262 e. The van der Waals surface area contributed by atoms with Gasteiger partial charge in [-0.25, -0.2) is 12.8 Å². The largest absolute Gasteiger partial charge is 0.379 e. The van der Waals surface area contributed by atoms with Crippen LogP contribution in [0.3, 0.4) is 0 Å². The number of benzene rings is 3. The van der Waals surface area contributed by atoms with Gasteiger partial charge in [0.25, 0.3) is 15.9 Å². The average molecular weight is 498 g/mol. The van der Waals surface area contributed by atoms with Crippen LogP contribution in [0.25, 0.3) is 0 Å². The van der Waals surface area contributed by atoms with Crippen LogP contribution in [0.4, 0.5) is 10.1 Å². The van der Waals surface area contributed by atoms with Gasteiger partial charge in [0.15, 0.2) is 0 Å². The third kappa shape index (κ3) is 6.45. The number of hydrogen-bond acceptors (Lipinski definition) is 5. The number of nitrogens with zero attached hydrogens (tertiary/aromatic N) is 1. The van der Waals surface area contributed by atoms with E-state index >= 15 is 0 Å². The van der Waals surface area contributed by atoms with Crippen molar-refractivity contribution in [1.29, 1.82) is 0 Å². The first-order valence-corrected chi connectivity index (χ1v) is 12.8. The topological polar surface area (TPSA) is 87.7 Å². The first-order chi connectivity index (χ1) is 16.8. The summed E-state index contributed by atoms with van der Waals surface area (Å²) < 4.78 is 47.3. The van der Waals surface area contributed by atoms with Gasteiger partial charge in [0, 0.05) is 25.2 Å². The second kappa shape index (κ2) is 11.0. The normalized spacial score (nSPS) is 15.4. The van der Waals surface area contributed by atoms with Crippen molar-refractivity contribution in [3.8, 4) is 0 Å². The number of carbonyl (C=O) groups excluding carboxylic acids is 1. The van der Waals surface area contributed by atoms with E-state index in [1.165, 1.54) is 42.5 Å². The number of anilines is 1. The Kier molecular flexibility index (Phi) is 7.80. The molecule has 1 fully saturated rings. The van der Waals surface area contributed by atoms with E-state index in [0.29, 0.717) is 19.8 Å². The molecule has 9 heteroatoms. The van der Waals surface area contributed by atoms with Gasteiger partial charge in [-0.1, -0.05) is 48.0 Å². The van der Waals surface area contributed by atoms with Gasteiger partial charge in [0.1, 0.15) is 5.82 Å². The smallest absolute Gasteiger partial charge is 0.262 e. The second-order valence-electron chi connectivity index (χ2n) is 8.46. The minimum Gasteiger partial charge on any atom is -0.379 e. The Labute approximate surface area is 205 Å². The molecule has 7 nitrogen and oxygen atoms in total. The lowest BCUT2D eigenvalue weighted by molar-refractivity contribution is 0.0332. The van der Waals surface area contributed by atoms with E-state index in [2.05, 4.69) is 14.9 Å². The van der Waals surface area contributed by atoms with Crippen molar-refractivity contribution >= 4 is 21.6 Å². The molecule has 1 atom stereocenters. The minimum atomic E-state index is -4.09. The molecular weight excluding hydrogens is 469 g/mol. The Morgan fingerprint density at radius 1 is 1.03 bits per heavy atom. The van der Waals surface area contributed by atoms with E-state index in [1.807, 2.05) is 31.2 Å². The number of aryl methyl sites for hydroxylation is 1. The van der Waals surface area contributed by atoms with Gasteiger partial charge < -0.3 is 10.1 Å². The van der Waals surface area contributed by atoms with Gasteiger partial charge in [0.05, 0.1) is 29.8 Å². The van der Waals surface area contributed by atoms with E-state index in [4.69, 9.17) is 4.74 Å². The van der Waals surface area contributed by atoms with Gasteiger partial charge in [0.2, 0.25) is 0 Å². The summed E-state index contributed by atoms with van der Waals surface area (Å²) in [6.07, 6.45) is 0. The molecule has 0 unspecified atom stereocenters. The van der Waals surface area contributed by atoms with E-state index in [0.717, 1.165) is 24.2 Å². The van der Waals surface area contributed by atoms with E-state index in [1.54, 1.807) is 6.07 Å². The third-order valence-electron chi connectivity index (χ3n) is 5.85. The molecule has 2 N–H and O–H groups in total. The quantitative estimate of drug-likeness (QED) is 0.495. The predicted octanol–water partition coefficient (Wildman–Crippen LogP) is 3.74. The molecule has 1 heterocycles. The van der Waals surface area contributed by atoms with Crippen LogP contribution in [-0.2, 0) is 14.8 Å². The zero-order chi connectivity index (χ0) is 24.8. The summed E-state index contributed by atoms with van der Waals surface area (Å²) in [6, 6.07) is 18.9. The third-order valence-corrected chi connectivity index (χ3v) is 7.22. The van der Waals surface area contributed by atoms with Crippen molar-refractivity contribution in [1.82, 2.24) is 10.2 Å². The summed E-state index contributed by atoms with van der Waals surface area (Å²) in [6.45, 7) is 5.43. The molecule has 0 aromatic heterocycles. The number of para-hydroxylation sites is 1. The fourth-order valence-electron chi connectivity index (χ4n) is 3.87. The van der Waals surface area contributed by atoms with Crippen molar-refractivity contribution < 1.29 is 22.3 Å². The maximum atomic E-state index is 14.0. The Bertz CT molecular complexity index is 1280. The van der Waals surface area contributed by atoms with Gasteiger partial charge in [-0.15, -0.1) is 0 Å². The lowest BCUT2D eigenvalue weighted by Crippen LogP contribution is -2.43. The number of hydrogen-bond donors (Lipinski definition) is 2. The fraction of sp³-hybridized carbons (Fsp3) is 0.269. The van der Waals surface area contributed by atoms with Crippen LogP contribution < -0.4 is 10.0 Å². The standard InChI is InChI=1S/C26H28FN3O4S/c1-19-9-11-20(12-10-19)25(18-30-13-15-34-16-14-30)28-26(31)21-5-4-6-22(17-21)35(32,33)29-24-8-3-2-7-23(24)27/h2-12,17,25,29H,13-16,18H2,1H3,(H,28,31)/t25-/m1/s1. The Morgan fingerprint density at radius 2 is 1.74 bits per heavy atom. The number of morpholine rings is 1. The molecule has 1 aliphatic rings. The highest BCUT2D eigenvalue weighted by molar-refractivity contribution is 7.92. The molecule has 35 heavy (non-hydrogen) atoms. The summed E-state index contributed by atoms with van der Waals surface area (Å²) in [4.78, 5) is 15.3. The number of carbonyl (C=O) groups is 1. The Balaban J connectivity index is 1.54. The monoisotopic (exact) mass is 497 g/mol. The van der Waals surface area contributed by atoms with E-state index in [9.17, 15) is 17.6 Å². The molecule has 0 spiro atoms. The van der Waals surface area contributed by atoms with Crippen LogP contribution in [0.2, 0.25) is 0 Å². The first kappa shape index (κ1) is 24.8. The number of ether oxygens (including phenoxy) is 1. The Morgan fingerprint density at radius 3 is 2.46 bits per heavy atom. The maximum absolute atomic E-state index is 14.0. The van der Waals surface area contributed by atoms with Gasteiger partial charge in [-0.3, -0.25) is 14.4 Å². The molecule has 1 saturated heterocycles. The van der Waals surface area contributed by atoms with Crippen molar-refractivity contribution in [3.63, 3.8) is 0 Å². The lowest BCUT2D eigenvalue weighted by atomic mass is 10.0. The highest BCUT2D eigenvalue weighted by Gasteiger charge is 2.22. The minimum absolute atomic E-state index is 0.131. The van der Waals surface area contributed by atoms with Crippen LogP contribution in [-0.4, -0.2) is 52.1 Å². The summed E-state index contributed by atoms with van der Waals surface area (Å²) >= 11 is 0. The molecule has 1 aliphatic heterocycles. The van der Waals surface area contributed by atoms with Gasteiger partial charge in [-0.2, -0.15) is 0 Å². The van der Waals surface area contributed by atoms with Crippen LogP contribution in [0.15, 0.2) is 77.7 Å². The highest BCUT2D eigenvalue weighted by atomic mass is 32.2. The first-order valence-electron chi connectivity index (χ1n) is 11.4. The van der Waals surface area contributed by atoms with Crippen LogP contribution >= 0.6 is 0 Å². The summed E-state index contributed by atoms with van der Waals surface area (Å²) in [5.41, 5.74) is 2.11. The zero-order valence-electron chi connectivity index (χ0n) is 19.4. The molecule has 3 aromatic rings. The number of rotatable bonds is 8. The Hall–Kier alpha value is -3.27. The summed E-state index contributed by atoms with van der Waals surface area (Å²) in [5.74, 6) is -1.08. The molecule has 1 amide bonds. The van der Waals surface area contributed by atoms with Crippen LogP contribution in [0.5, 0.6) is 0 Å². The van der Waals surface area contributed by atoms with Crippen LogP contribution in [0, 0.1) is 12.7 Å². The van der Waals surface area contributed by atoms with E-state index in [-0.39, 0.29) is 22.2 Å². The van der Waals surface area contributed by atoms with Crippen molar-refractivity contribution in [2.45, 2.75) is 17.9 Å². The molecule has 184 valence electrons. The van der Waals surface area contributed by atoms with Crippen LogP contribution in [0.1, 0.15) is 27.5 Å². The summed E-state index contributed by atoms with van der Waals surface area (Å²) in [5, 5.41) is 3.06. The number of halogens is 1. The number of amides is 1. The van der Waals surface area contributed by atoms with Crippen molar-refractivity contribution in [3.05, 3.63) is 95.3 Å². The average Bonchev–Trinajstić information content (AvgIpc) is 2.86. The SMILES string of the molecule is Cc1ccc([C@@H](CN2CCOCC2)NC(=O)c2cccc(S(=O)(=O)Nc3ccccc3F)c2)cc1. The fourth-order valence-corrected chi connectivity index (χ4v) is 4.98. The lowest BCUT2D eigenvalue weighted by Gasteiger charge is -2.31. The zero-order valence-corrected chi connectivity index (χ0v) is 20.2. The van der Waals surface area contributed by atoms with Gasteiger partial charge in [-0.05, 0) is 42.8 Å².